The van der Waals surface area contributed by atoms with Crippen LogP contribution in [0.3, 0.4) is 0 Å². The minimum absolute atomic E-state index is 0.0753. The molecule has 2 aliphatic heterocycles. The highest BCUT2D eigenvalue weighted by molar-refractivity contribution is 7.93. The zero-order chi connectivity index (χ0) is 37.0. The number of anilines is 2. The molecule has 1 amide bonds. The van der Waals surface area contributed by atoms with Crippen LogP contribution in [0.15, 0.2) is 96.2 Å². The van der Waals surface area contributed by atoms with Crippen LogP contribution in [0, 0.1) is 22.7 Å². The summed E-state index contributed by atoms with van der Waals surface area (Å²) in [6.07, 6.45) is -1.63. The molecule has 2 aliphatic rings. The number of para-hydroxylation sites is 1. The van der Waals surface area contributed by atoms with E-state index in [1.807, 2.05) is 30.0 Å². The Morgan fingerprint density at radius 1 is 0.941 bits per heavy atom. The molecule has 1 fully saturated rings. The second-order valence-corrected chi connectivity index (χ2v) is 12.9. The van der Waals surface area contributed by atoms with Crippen molar-refractivity contribution in [2.45, 2.75) is 23.5 Å². The van der Waals surface area contributed by atoms with Gasteiger partial charge in [0.2, 0.25) is 0 Å². The molecule has 1 N–H and O–H groups in total. The Bertz CT molecular complexity index is 2150. The lowest BCUT2D eigenvalue weighted by Gasteiger charge is -2.46. The first kappa shape index (κ1) is 36.3. The molecule has 1 aromatic heterocycles. The Kier molecular flexibility index (Phi) is 10.3. The molecule has 3 aromatic carbocycles. The van der Waals surface area contributed by atoms with Crippen LogP contribution >= 0.6 is 0 Å². The standard InChI is InChI=1S/C33H28N6O4S.C2HF3O2/c1-2-43-30-9-5-4-8-27(30)33(38-19-17-37(18-20-38)26-13-15-36-16-14-26)28-21-24(22-34)11-12-29(28)39(32(33)40)44(41,42)31-10-6-3-7-25(31)23-35;3-2(4,5)1(6)7/h3-16,21H,2,17-20H2,1H3;(H,6,7). The van der Waals surface area contributed by atoms with Crippen molar-refractivity contribution < 1.29 is 41.0 Å². The van der Waals surface area contributed by atoms with Crippen molar-refractivity contribution in [2.75, 3.05) is 42.0 Å². The third kappa shape index (κ3) is 6.66. The van der Waals surface area contributed by atoms with Crippen molar-refractivity contribution >= 4 is 33.3 Å². The van der Waals surface area contributed by atoms with E-state index in [0.717, 1.165) is 9.99 Å². The van der Waals surface area contributed by atoms with E-state index >= 15 is 4.79 Å². The number of carboxylic acids is 1. The summed E-state index contributed by atoms with van der Waals surface area (Å²) in [6, 6.07) is 25.5. The molecule has 262 valence electrons. The van der Waals surface area contributed by atoms with Crippen LogP contribution in [0.1, 0.15) is 29.2 Å². The molecule has 1 atom stereocenters. The van der Waals surface area contributed by atoms with Crippen LogP contribution < -0.4 is 13.9 Å². The molecule has 16 heteroatoms. The largest absolute Gasteiger partial charge is 0.493 e. The van der Waals surface area contributed by atoms with Gasteiger partial charge in [-0.15, -0.1) is 0 Å². The number of carboxylic acid groups (broad SMARTS) is 1. The maximum atomic E-state index is 15.2. The van der Waals surface area contributed by atoms with Gasteiger partial charge < -0.3 is 14.7 Å². The highest BCUT2D eigenvalue weighted by Crippen LogP contribution is 2.53. The van der Waals surface area contributed by atoms with Gasteiger partial charge in [0.15, 0.2) is 5.54 Å². The number of nitriles is 2. The normalized spacial score (nSPS) is 17.4. The first-order valence-corrected chi connectivity index (χ1v) is 16.8. The van der Waals surface area contributed by atoms with Crippen molar-refractivity contribution in [3.8, 4) is 17.9 Å². The number of amides is 1. The number of carbonyl (C=O) groups is 2. The predicted octanol–water partition coefficient (Wildman–Crippen LogP) is 4.66. The van der Waals surface area contributed by atoms with Crippen LogP contribution in [-0.4, -0.2) is 74.2 Å². The van der Waals surface area contributed by atoms with Crippen molar-refractivity contribution in [1.29, 1.82) is 10.5 Å². The molecule has 12 nitrogen and oxygen atoms in total. The van der Waals surface area contributed by atoms with Crippen LogP contribution in [0.4, 0.5) is 24.5 Å². The number of halogens is 3. The minimum atomic E-state index is -5.08. The number of hydrogen-bond acceptors (Lipinski definition) is 10. The zero-order valence-corrected chi connectivity index (χ0v) is 27.7. The van der Waals surface area contributed by atoms with Crippen LogP contribution in [0.5, 0.6) is 5.75 Å². The van der Waals surface area contributed by atoms with E-state index in [0.29, 0.717) is 49.7 Å². The highest BCUT2D eigenvalue weighted by atomic mass is 32.2. The number of alkyl halides is 3. The zero-order valence-electron chi connectivity index (χ0n) is 26.9. The lowest BCUT2D eigenvalue weighted by atomic mass is 9.80. The fourth-order valence-corrected chi connectivity index (χ4v) is 7.81. The molecular formula is C35H29F3N6O6S. The van der Waals surface area contributed by atoms with E-state index in [9.17, 15) is 32.1 Å². The Labute approximate surface area is 291 Å². The Balaban J connectivity index is 0.000000654. The predicted molar refractivity (Wildman–Crippen MR) is 177 cm³/mol. The Morgan fingerprint density at radius 3 is 2.18 bits per heavy atom. The van der Waals surface area contributed by atoms with Crippen molar-refractivity contribution in [2.24, 2.45) is 0 Å². The van der Waals surface area contributed by atoms with Gasteiger partial charge in [0.05, 0.1) is 29.5 Å². The van der Waals surface area contributed by atoms with Crippen molar-refractivity contribution in [3.63, 3.8) is 0 Å². The van der Waals surface area contributed by atoms with Gasteiger partial charge >= 0.3 is 12.1 Å². The number of nitrogens with zero attached hydrogens (tertiary/aromatic N) is 6. The number of hydrogen-bond donors (Lipinski definition) is 1. The van der Waals surface area contributed by atoms with Gasteiger partial charge in [-0.25, -0.2) is 17.5 Å². The molecule has 0 bridgehead atoms. The van der Waals surface area contributed by atoms with Gasteiger partial charge in [-0.3, -0.25) is 14.7 Å². The number of sulfonamides is 1. The molecule has 1 unspecified atom stereocenters. The monoisotopic (exact) mass is 718 g/mol. The molecule has 51 heavy (non-hydrogen) atoms. The topological polar surface area (TPSA) is 168 Å². The number of rotatable bonds is 7. The molecule has 0 saturated carbocycles. The Hall–Kier alpha value is -5.97. The summed E-state index contributed by atoms with van der Waals surface area (Å²) in [7, 11) is -4.57. The maximum Gasteiger partial charge on any atom is 0.490 e. The first-order chi connectivity index (χ1) is 24.3. The highest BCUT2D eigenvalue weighted by Gasteiger charge is 2.60. The van der Waals surface area contributed by atoms with Crippen LogP contribution in [0.25, 0.3) is 0 Å². The molecule has 4 aromatic rings. The summed E-state index contributed by atoms with van der Waals surface area (Å²) in [4.78, 5) is 32.1. The number of aliphatic carboxylic acids is 1. The number of aromatic nitrogens is 1. The lowest BCUT2D eigenvalue weighted by Crippen LogP contribution is -2.60. The summed E-state index contributed by atoms with van der Waals surface area (Å²) in [5.74, 6) is -3.04. The number of carbonyl (C=O) groups excluding carboxylic acids is 1. The third-order valence-corrected chi connectivity index (χ3v) is 10.1. The van der Waals surface area contributed by atoms with Gasteiger partial charge in [0, 0.05) is 55.4 Å². The second kappa shape index (κ2) is 14.5. The first-order valence-electron chi connectivity index (χ1n) is 15.4. The van der Waals surface area contributed by atoms with Gasteiger partial charge in [0.1, 0.15) is 16.7 Å². The summed E-state index contributed by atoms with van der Waals surface area (Å²) >= 11 is 0. The quantitative estimate of drug-likeness (QED) is 0.282. The average molecular weight is 719 g/mol. The van der Waals surface area contributed by atoms with E-state index < -0.39 is 33.6 Å². The third-order valence-electron chi connectivity index (χ3n) is 8.36. The lowest BCUT2D eigenvalue weighted by molar-refractivity contribution is -0.192. The SMILES string of the molecule is CCOc1ccccc1C1(N2CCN(c3ccncc3)CC2)C(=O)N(S(=O)(=O)c2ccccc2C#N)c2ccc(C#N)cc21.O=C(O)C(F)(F)F. The maximum absolute atomic E-state index is 15.2. The van der Waals surface area contributed by atoms with E-state index in [1.54, 1.807) is 48.8 Å². The average Bonchev–Trinajstić information content (AvgIpc) is 3.40. The van der Waals surface area contributed by atoms with Gasteiger partial charge in [-0.05, 0) is 55.5 Å². The smallest absolute Gasteiger partial charge is 0.490 e. The minimum Gasteiger partial charge on any atom is -0.493 e. The summed E-state index contributed by atoms with van der Waals surface area (Å²) in [5.41, 5.74) is 0.522. The number of piperazine rings is 1. The fourth-order valence-electron chi connectivity index (χ4n) is 6.20. The number of ether oxygens (including phenoxy) is 1. The second-order valence-electron chi connectivity index (χ2n) is 11.1. The summed E-state index contributed by atoms with van der Waals surface area (Å²) in [6.45, 7) is 4.05. The molecule has 3 heterocycles. The van der Waals surface area contributed by atoms with E-state index in [4.69, 9.17) is 14.6 Å². The number of benzene rings is 3. The van der Waals surface area contributed by atoms with Crippen LogP contribution in [-0.2, 0) is 25.2 Å². The molecule has 6 rings (SSSR count). The molecule has 1 saturated heterocycles. The molecule has 0 spiro atoms. The molecule has 0 radical (unpaired) electrons. The van der Waals surface area contributed by atoms with Crippen LogP contribution in [0.2, 0.25) is 0 Å². The fraction of sp³-hybridized carbons (Fsp3) is 0.229. The van der Waals surface area contributed by atoms with Gasteiger partial charge in [-0.2, -0.15) is 23.7 Å². The number of fused-ring (bicyclic) bond motifs is 1. The van der Waals surface area contributed by atoms with Crippen molar-refractivity contribution in [3.05, 3.63) is 114 Å². The van der Waals surface area contributed by atoms with Gasteiger partial charge in [0.25, 0.3) is 15.9 Å². The molecule has 0 aliphatic carbocycles. The van der Waals surface area contributed by atoms with E-state index in [2.05, 4.69) is 16.0 Å². The van der Waals surface area contributed by atoms with Crippen molar-refractivity contribution in [1.82, 2.24) is 9.88 Å². The van der Waals surface area contributed by atoms with E-state index in [1.165, 1.54) is 30.3 Å². The molecular weight excluding hydrogens is 689 g/mol. The summed E-state index contributed by atoms with van der Waals surface area (Å²) in [5, 5.41) is 26.8. The van der Waals surface area contributed by atoms with Gasteiger partial charge in [-0.1, -0.05) is 30.3 Å². The summed E-state index contributed by atoms with van der Waals surface area (Å²) < 4.78 is 67.4. The van der Waals surface area contributed by atoms with E-state index in [-0.39, 0.29) is 21.7 Å². The Morgan fingerprint density at radius 2 is 1.57 bits per heavy atom. The number of pyridine rings is 1.